The van der Waals surface area contributed by atoms with Crippen LogP contribution in [0.25, 0.3) is 16.8 Å². The smallest absolute Gasteiger partial charge is 0.307 e. The Labute approximate surface area is 178 Å². The van der Waals surface area contributed by atoms with Gasteiger partial charge in [0.25, 0.3) is 0 Å². The monoisotopic (exact) mass is 453 g/mol. The first kappa shape index (κ1) is 24.8. The summed E-state index contributed by atoms with van der Waals surface area (Å²) in [5.41, 5.74) is 1.12. The van der Waals surface area contributed by atoms with E-state index in [4.69, 9.17) is 19.2 Å². The van der Waals surface area contributed by atoms with Crippen LogP contribution in [0.3, 0.4) is 0 Å². The predicted molar refractivity (Wildman–Crippen MR) is 115 cm³/mol. The normalized spacial score (nSPS) is 13.1. The zero-order valence-corrected chi connectivity index (χ0v) is 17.5. The molecule has 0 saturated carbocycles. The number of halogens is 3. The Kier molecular flexibility index (Phi) is 8.56. The fourth-order valence-corrected chi connectivity index (χ4v) is 3.00. The molecule has 0 radical (unpaired) electrons. The summed E-state index contributed by atoms with van der Waals surface area (Å²) in [5.74, 6) is 0. The van der Waals surface area contributed by atoms with Crippen LogP contribution < -0.4 is 5.32 Å². The van der Waals surface area contributed by atoms with Crippen LogP contribution in [-0.2, 0) is 10.7 Å². The highest BCUT2D eigenvalue weighted by Gasteiger charge is 2.30. The standard InChI is InChI=1S/C22H20F3N.H3O4P/c1-16(20-13-5-10-18-9-2-3-12-21(18)20)26-14-6-8-17-7-4-11-19(15-17)22(23,24)25;1-5(2,3)4/h2-13,15-16,26H,14H2,1H3;(H3,1,2,3,4). The Morgan fingerprint density at radius 2 is 1.61 bits per heavy atom. The SMILES string of the molecule is CC(NCC=Cc1cccc(C(F)(F)F)c1)c1cccc2ccccc12.O=P(O)(O)O. The number of nitrogens with one attached hydrogen (secondary N) is 1. The van der Waals surface area contributed by atoms with Crippen molar-refractivity contribution in [1.29, 1.82) is 0 Å². The Balaban J connectivity index is 0.000000614. The van der Waals surface area contributed by atoms with Gasteiger partial charge in [-0.05, 0) is 41.0 Å². The molecule has 4 N–H and O–H groups in total. The van der Waals surface area contributed by atoms with Crippen molar-refractivity contribution in [2.75, 3.05) is 6.54 Å². The molecule has 0 aromatic heterocycles. The minimum Gasteiger partial charge on any atom is -0.307 e. The lowest BCUT2D eigenvalue weighted by Crippen LogP contribution is -2.18. The first-order valence-corrected chi connectivity index (χ1v) is 10.8. The van der Waals surface area contributed by atoms with Gasteiger partial charge in [0.2, 0.25) is 0 Å². The van der Waals surface area contributed by atoms with Crippen molar-refractivity contribution in [1.82, 2.24) is 5.32 Å². The topological polar surface area (TPSA) is 89.8 Å². The van der Waals surface area contributed by atoms with E-state index in [2.05, 4.69) is 36.5 Å². The summed E-state index contributed by atoms with van der Waals surface area (Å²) in [6, 6.07) is 19.9. The van der Waals surface area contributed by atoms with E-state index in [0.29, 0.717) is 12.1 Å². The summed E-state index contributed by atoms with van der Waals surface area (Å²) in [6.45, 7) is 2.65. The van der Waals surface area contributed by atoms with Crippen LogP contribution in [-0.4, -0.2) is 21.2 Å². The number of rotatable bonds is 5. The van der Waals surface area contributed by atoms with Gasteiger partial charge in [-0.3, -0.25) is 0 Å². The van der Waals surface area contributed by atoms with Crippen molar-refractivity contribution in [3.8, 4) is 0 Å². The molecule has 1 unspecified atom stereocenters. The highest BCUT2D eigenvalue weighted by Crippen LogP contribution is 2.30. The van der Waals surface area contributed by atoms with Crippen LogP contribution in [0.15, 0.2) is 72.8 Å². The fourth-order valence-electron chi connectivity index (χ4n) is 3.00. The maximum atomic E-state index is 12.7. The summed E-state index contributed by atoms with van der Waals surface area (Å²) in [4.78, 5) is 21.6. The highest BCUT2D eigenvalue weighted by atomic mass is 31.2. The Morgan fingerprint density at radius 1 is 1.00 bits per heavy atom. The first-order chi connectivity index (χ1) is 14.4. The summed E-state index contributed by atoms with van der Waals surface area (Å²) in [7, 11) is -4.64. The number of hydrogen-bond acceptors (Lipinski definition) is 2. The van der Waals surface area contributed by atoms with E-state index in [-0.39, 0.29) is 6.04 Å². The number of alkyl halides is 3. The van der Waals surface area contributed by atoms with Gasteiger partial charge in [0.15, 0.2) is 0 Å². The molecule has 1 atom stereocenters. The van der Waals surface area contributed by atoms with Gasteiger partial charge in [-0.25, -0.2) is 4.57 Å². The van der Waals surface area contributed by atoms with Crippen LogP contribution in [0.5, 0.6) is 0 Å². The Hall–Kier alpha value is -2.48. The summed E-state index contributed by atoms with van der Waals surface area (Å²) in [6.07, 6.45) is -0.764. The fraction of sp³-hybridized carbons (Fsp3) is 0.182. The number of fused-ring (bicyclic) bond motifs is 1. The van der Waals surface area contributed by atoms with Crippen molar-refractivity contribution in [2.45, 2.75) is 19.1 Å². The second-order valence-corrected chi connectivity index (χ2v) is 7.76. The lowest BCUT2D eigenvalue weighted by atomic mass is 10.00. The minimum absolute atomic E-state index is 0.132. The molecule has 0 heterocycles. The van der Waals surface area contributed by atoms with Crippen molar-refractivity contribution in [2.24, 2.45) is 0 Å². The van der Waals surface area contributed by atoms with Crippen molar-refractivity contribution in [3.05, 3.63) is 89.5 Å². The molecule has 0 aliphatic carbocycles. The Bertz CT molecular complexity index is 1070. The van der Waals surface area contributed by atoms with E-state index < -0.39 is 19.6 Å². The van der Waals surface area contributed by atoms with Crippen LogP contribution in [0.4, 0.5) is 13.2 Å². The van der Waals surface area contributed by atoms with Gasteiger partial charge in [0.05, 0.1) is 5.56 Å². The van der Waals surface area contributed by atoms with Crippen molar-refractivity contribution >= 4 is 24.7 Å². The van der Waals surface area contributed by atoms with Gasteiger partial charge in [0.1, 0.15) is 0 Å². The molecule has 0 aliphatic heterocycles. The lowest BCUT2D eigenvalue weighted by Gasteiger charge is -2.15. The molecular weight excluding hydrogens is 430 g/mol. The van der Waals surface area contributed by atoms with E-state index in [1.165, 1.54) is 22.4 Å². The third-order valence-corrected chi connectivity index (χ3v) is 4.36. The van der Waals surface area contributed by atoms with Gasteiger partial charge < -0.3 is 20.0 Å². The molecule has 0 saturated heterocycles. The van der Waals surface area contributed by atoms with Gasteiger partial charge in [-0.15, -0.1) is 0 Å². The summed E-state index contributed by atoms with van der Waals surface area (Å²) >= 11 is 0. The van der Waals surface area contributed by atoms with Crippen LogP contribution in [0, 0.1) is 0 Å². The molecule has 31 heavy (non-hydrogen) atoms. The summed E-state index contributed by atoms with van der Waals surface area (Å²) < 4.78 is 47.1. The average molecular weight is 453 g/mol. The molecule has 3 rings (SSSR count). The van der Waals surface area contributed by atoms with E-state index in [1.807, 2.05) is 24.3 Å². The van der Waals surface area contributed by atoms with Crippen molar-refractivity contribution < 1.29 is 32.4 Å². The highest BCUT2D eigenvalue weighted by molar-refractivity contribution is 7.45. The Morgan fingerprint density at radius 3 is 2.29 bits per heavy atom. The molecular formula is C22H23F3NO4P. The molecule has 166 valence electrons. The maximum absolute atomic E-state index is 12.7. The maximum Gasteiger partial charge on any atom is 0.466 e. The van der Waals surface area contributed by atoms with E-state index in [9.17, 15) is 13.2 Å². The van der Waals surface area contributed by atoms with Gasteiger partial charge in [0, 0.05) is 12.6 Å². The largest absolute Gasteiger partial charge is 0.466 e. The van der Waals surface area contributed by atoms with E-state index >= 15 is 0 Å². The zero-order valence-electron chi connectivity index (χ0n) is 16.6. The quantitative estimate of drug-likeness (QED) is 0.394. The molecule has 0 aliphatic rings. The average Bonchev–Trinajstić information content (AvgIpc) is 2.69. The molecule has 0 amide bonds. The first-order valence-electron chi connectivity index (χ1n) is 9.28. The van der Waals surface area contributed by atoms with Crippen LogP contribution in [0.2, 0.25) is 0 Å². The molecule has 9 heteroatoms. The third kappa shape index (κ3) is 8.65. The van der Waals surface area contributed by atoms with Crippen LogP contribution >= 0.6 is 7.82 Å². The van der Waals surface area contributed by atoms with Crippen LogP contribution in [0.1, 0.15) is 29.7 Å². The number of hydrogen-bond donors (Lipinski definition) is 4. The second kappa shape index (κ2) is 10.7. The van der Waals surface area contributed by atoms with Gasteiger partial charge in [-0.1, -0.05) is 66.7 Å². The molecule has 3 aromatic carbocycles. The molecule has 0 bridgehead atoms. The summed E-state index contributed by atoms with van der Waals surface area (Å²) in [5, 5.41) is 5.80. The zero-order chi connectivity index (χ0) is 23.1. The lowest BCUT2D eigenvalue weighted by molar-refractivity contribution is -0.137. The van der Waals surface area contributed by atoms with Gasteiger partial charge >= 0.3 is 14.0 Å². The molecule has 0 fully saturated rings. The predicted octanol–water partition coefficient (Wildman–Crippen LogP) is 5.29. The van der Waals surface area contributed by atoms with E-state index in [0.717, 1.165) is 12.1 Å². The minimum atomic E-state index is -4.64. The van der Waals surface area contributed by atoms with Gasteiger partial charge in [-0.2, -0.15) is 13.2 Å². The van der Waals surface area contributed by atoms with Crippen molar-refractivity contribution in [3.63, 3.8) is 0 Å². The number of benzene rings is 3. The molecule has 3 aromatic rings. The molecule has 0 spiro atoms. The number of phosphoric acid groups is 1. The van der Waals surface area contributed by atoms with E-state index in [1.54, 1.807) is 12.1 Å². The second-order valence-electron chi connectivity index (χ2n) is 6.74. The molecule has 5 nitrogen and oxygen atoms in total. The third-order valence-electron chi connectivity index (χ3n) is 4.36.